The summed E-state index contributed by atoms with van der Waals surface area (Å²) in [6.45, 7) is 6.51. The van der Waals surface area contributed by atoms with Gasteiger partial charge in [0, 0.05) is 5.41 Å². The van der Waals surface area contributed by atoms with Crippen molar-refractivity contribution >= 4 is 6.29 Å². The van der Waals surface area contributed by atoms with Crippen LogP contribution in [-0.2, 0) is 10.2 Å². The van der Waals surface area contributed by atoms with Gasteiger partial charge in [-0.15, -0.1) is 0 Å². The molecule has 1 saturated carbocycles. The molecule has 0 saturated heterocycles. The van der Waals surface area contributed by atoms with E-state index in [-0.39, 0.29) is 10.8 Å². The summed E-state index contributed by atoms with van der Waals surface area (Å²) in [5, 5.41) is 0. The summed E-state index contributed by atoms with van der Waals surface area (Å²) in [6.07, 6.45) is 2.09. The molecule has 15 heavy (non-hydrogen) atoms. The molecular formula is C14H18O. The van der Waals surface area contributed by atoms with Crippen molar-refractivity contribution in [1.29, 1.82) is 0 Å². The minimum Gasteiger partial charge on any atom is -0.303 e. The van der Waals surface area contributed by atoms with Crippen molar-refractivity contribution in [3.8, 4) is 0 Å². The zero-order valence-corrected chi connectivity index (χ0v) is 9.66. The van der Waals surface area contributed by atoms with Gasteiger partial charge in [0.15, 0.2) is 0 Å². The smallest absolute Gasteiger partial charge is 0.126 e. The minimum absolute atomic E-state index is 0.120. The van der Waals surface area contributed by atoms with Crippen LogP contribution in [0, 0.1) is 11.3 Å². The number of aldehydes is 1. The molecule has 1 aromatic carbocycles. The van der Waals surface area contributed by atoms with Gasteiger partial charge in [-0.2, -0.15) is 0 Å². The van der Waals surface area contributed by atoms with E-state index in [1.807, 2.05) is 6.07 Å². The lowest BCUT2D eigenvalue weighted by atomic mass is 9.46. The Morgan fingerprint density at radius 1 is 1.27 bits per heavy atom. The average Bonchev–Trinajstić information content (AvgIpc) is 2.29. The molecule has 0 aliphatic heterocycles. The van der Waals surface area contributed by atoms with Crippen molar-refractivity contribution in [2.45, 2.75) is 32.6 Å². The van der Waals surface area contributed by atoms with Crippen molar-refractivity contribution < 1.29 is 4.79 Å². The van der Waals surface area contributed by atoms with Gasteiger partial charge in [-0.05, 0) is 23.3 Å². The highest BCUT2D eigenvalue weighted by Gasteiger charge is 2.56. The molecule has 2 rings (SSSR count). The molecule has 1 aliphatic carbocycles. The first-order chi connectivity index (χ1) is 7.03. The largest absolute Gasteiger partial charge is 0.303 e. The number of benzene rings is 1. The van der Waals surface area contributed by atoms with Crippen LogP contribution in [0.1, 0.15) is 32.8 Å². The second kappa shape index (κ2) is 3.19. The third-order valence-corrected chi connectivity index (χ3v) is 4.40. The predicted octanol–water partition coefficient (Wildman–Crippen LogP) is 3.19. The normalized spacial score (nSPS) is 39.5. The molecule has 0 spiro atoms. The summed E-state index contributed by atoms with van der Waals surface area (Å²) in [7, 11) is 0. The molecule has 1 fully saturated rings. The Morgan fingerprint density at radius 2 is 1.87 bits per heavy atom. The fraction of sp³-hybridized carbons (Fsp3) is 0.500. The van der Waals surface area contributed by atoms with E-state index in [9.17, 15) is 4.79 Å². The van der Waals surface area contributed by atoms with Crippen molar-refractivity contribution in [1.82, 2.24) is 0 Å². The first-order valence-corrected chi connectivity index (χ1v) is 5.55. The lowest BCUT2D eigenvalue weighted by Gasteiger charge is -2.57. The van der Waals surface area contributed by atoms with E-state index in [0.717, 1.165) is 12.7 Å². The fourth-order valence-electron chi connectivity index (χ4n) is 3.01. The van der Waals surface area contributed by atoms with Gasteiger partial charge in [-0.1, -0.05) is 51.1 Å². The molecule has 0 N–H and O–H groups in total. The highest BCUT2D eigenvalue weighted by atomic mass is 16.1. The Kier molecular flexibility index (Phi) is 2.22. The third-order valence-electron chi connectivity index (χ3n) is 4.40. The Morgan fingerprint density at radius 3 is 2.33 bits per heavy atom. The molecule has 0 bridgehead atoms. The van der Waals surface area contributed by atoms with Gasteiger partial charge in [-0.3, -0.25) is 0 Å². The summed E-state index contributed by atoms with van der Waals surface area (Å²) >= 11 is 0. The molecule has 3 atom stereocenters. The maximum Gasteiger partial charge on any atom is 0.126 e. The van der Waals surface area contributed by atoms with Gasteiger partial charge in [0.1, 0.15) is 6.29 Å². The van der Waals surface area contributed by atoms with Crippen LogP contribution in [0.25, 0.3) is 0 Å². The number of hydrogen-bond acceptors (Lipinski definition) is 1. The molecule has 0 heterocycles. The number of rotatable bonds is 2. The van der Waals surface area contributed by atoms with E-state index in [0.29, 0.717) is 5.92 Å². The van der Waals surface area contributed by atoms with Gasteiger partial charge >= 0.3 is 0 Å². The summed E-state index contributed by atoms with van der Waals surface area (Å²) in [5.41, 5.74) is 1.42. The first kappa shape index (κ1) is 10.4. The SMILES string of the molecule is C[C@@H]1[C@@](C)(C=O)C[C@@]1(C)c1ccccc1. The molecule has 1 nitrogen and oxygen atoms in total. The predicted molar refractivity (Wildman–Crippen MR) is 61.7 cm³/mol. The summed E-state index contributed by atoms with van der Waals surface area (Å²) in [6, 6.07) is 10.5. The van der Waals surface area contributed by atoms with Gasteiger partial charge in [0.05, 0.1) is 0 Å². The molecule has 0 aromatic heterocycles. The van der Waals surface area contributed by atoms with Crippen molar-refractivity contribution in [3.63, 3.8) is 0 Å². The van der Waals surface area contributed by atoms with Crippen molar-refractivity contribution in [2.24, 2.45) is 11.3 Å². The second-order valence-electron chi connectivity index (χ2n) is 5.31. The molecule has 1 aromatic rings. The van der Waals surface area contributed by atoms with E-state index in [4.69, 9.17) is 0 Å². The zero-order chi connectivity index (χ0) is 11.1. The zero-order valence-electron chi connectivity index (χ0n) is 9.66. The van der Waals surface area contributed by atoms with E-state index >= 15 is 0 Å². The van der Waals surface area contributed by atoms with E-state index in [2.05, 4.69) is 45.0 Å². The minimum atomic E-state index is -0.120. The van der Waals surface area contributed by atoms with Crippen molar-refractivity contribution in [3.05, 3.63) is 35.9 Å². The van der Waals surface area contributed by atoms with Gasteiger partial charge in [-0.25, -0.2) is 0 Å². The Hall–Kier alpha value is -1.11. The number of carbonyl (C=O) groups is 1. The lowest BCUT2D eigenvalue weighted by molar-refractivity contribution is -0.131. The number of hydrogen-bond donors (Lipinski definition) is 0. The fourth-order valence-corrected chi connectivity index (χ4v) is 3.01. The second-order valence-corrected chi connectivity index (χ2v) is 5.31. The van der Waals surface area contributed by atoms with Crippen LogP contribution >= 0.6 is 0 Å². The van der Waals surface area contributed by atoms with E-state index < -0.39 is 0 Å². The molecule has 1 aliphatic rings. The quantitative estimate of drug-likeness (QED) is 0.673. The van der Waals surface area contributed by atoms with Crippen molar-refractivity contribution in [2.75, 3.05) is 0 Å². The van der Waals surface area contributed by atoms with Crippen LogP contribution in [-0.4, -0.2) is 6.29 Å². The topological polar surface area (TPSA) is 17.1 Å². The highest BCUT2D eigenvalue weighted by Crippen LogP contribution is 2.58. The maximum absolute atomic E-state index is 11.0. The summed E-state index contributed by atoms with van der Waals surface area (Å²) in [4.78, 5) is 11.0. The first-order valence-electron chi connectivity index (χ1n) is 5.55. The van der Waals surface area contributed by atoms with Gasteiger partial charge < -0.3 is 4.79 Å². The summed E-state index contributed by atoms with van der Waals surface area (Å²) in [5.74, 6) is 0.421. The Bertz CT molecular complexity index is 370. The Balaban J connectivity index is 2.30. The maximum atomic E-state index is 11.0. The van der Waals surface area contributed by atoms with Crippen LogP contribution in [0.4, 0.5) is 0 Å². The molecular weight excluding hydrogens is 184 g/mol. The van der Waals surface area contributed by atoms with Crippen LogP contribution in [0.3, 0.4) is 0 Å². The van der Waals surface area contributed by atoms with Crippen LogP contribution < -0.4 is 0 Å². The lowest BCUT2D eigenvalue weighted by Crippen LogP contribution is -2.55. The number of carbonyl (C=O) groups excluding carboxylic acids is 1. The molecule has 0 radical (unpaired) electrons. The van der Waals surface area contributed by atoms with Gasteiger partial charge in [0.2, 0.25) is 0 Å². The van der Waals surface area contributed by atoms with E-state index in [1.165, 1.54) is 5.56 Å². The van der Waals surface area contributed by atoms with Gasteiger partial charge in [0.25, 0.3) is 0 Å². The van der Waals surface area contributed by atoms with Crippen LogP contribution in [0.2, 0.25) is 0 Å². The molecule has 80 valence electrons. The summed E-state index contributed by atoms with van der Waals surface area (Å²) < 4.78 is 0. The van der Waals surface area contributed by atoms with E-state index in [1.54, 1.807) is 0 Å². The highest BCUT2D eigenvalue weighted by molar-refractivity contribution is 5.63. The monoisotopic (exact) mass is 202 g/mol. The standard InChI is InChI=1S/C14H18O/c1-11-13(2,10-15)9-14(11,3)12-7-5-4-6-8-12/h4-8,10-11H,9H2,1-3H3/t11-,13-,14-/m1/s1. The Labute approximate surface area is 91.5 Å². The van der Waals surface area contributed by atoms with Crippen LogP contribution in [0.5, 0.6) is 0 Å². The molecule has 0 unspecified atom stereocenters. The van der Waals surface area contributed by atoms with Crippen LogP contribution in [0.15, 0.2) is 30.3 Å². The molecule has 1 heteroatoms. The average molecular weight is 202 g/mol. The third kappa shape index (κ3) is 1.33. The molecule has 0 amide bonds.